The Morgan fingerprint density at radius 1 is 1.22 bits per heavy atom. The van der Waals surface area contributed by atoms with Crippen LogP contribution < -0.4 is 9.64 Å². The van der Waals surface area contributed by atoms with Crippen LogP contribution in [0.3, 0.4) is 0 Å². The van der Waals surface area contributed by atoms with Crippen molar-refractivity contribution >= 4 is 15.9 Å². The van der Waals surface area contributed by atoms with Gasteiger partial charge in [-0.1, -0.05) is 26.0 Å². The molecule has 2 rings (SSSR count). The van der Waals surface area contributed by atoms with Gasteiger partial charge in [0.2, 0.25) is 0 Å². The summed E-state index contributed by atoms with van der Waals surface area (Å²) in [5.41, 5.74) is 0. The Labute approximate surface area is 147 Å². The van der Waals surface area contributed by atoms with Gasteiger partial charge in [-0.25, -0.2) is 0 Å². The average Bonchev–Trinajstić information content (AvgIpc) is 2.47. The van der Waals surface area contributed by atoms with E-state index in [0.717, 1.165) is 41.7 Å². The maximum Gasteiger partial charge on any atom is 0.133 e. The Kier molecular flexibility index (Phi) is 7.83. The molecule has 2 N–H and O–H groups in total. The first-order valence-corrected chi connectivity index (χ1v) is 9.30. The van der Waals surface area contributed by atoms with Gasteiger partial charge in [0.15, 0.2) is 0 Å². The fourth-order valence-electron chi connectivity index (χ4n) is 3.47. The number of quaternary nitrogens is 1. The number of benzene rings is 1. The van der Waals surface area contributed by atoms with Gasteiger partial charge < -0.3 is 19.5 Å². The van der Waals surface area contributed by atoms with E-state index in [1.54, 1.807) is 0 Å². The standard InChI is InChI=1S/C18H28BrNO3/c1-14-9-15(2)11-20(10-14)12-16(21)13-22-7-8-23-18-6-4-3-5-17(18)19/h3-6,14-16,21H,7-13H2,1-2H3/p+1/t14-,15+,16-/m0/s1. The van der Waals surface area contributed by atoms with Crippen molar-refractivity contribution in [2.24, 2.45) is 11.8 Å². The molecule has 1 heterocycles. The summed E-state index contributed by atoms with van der Waals surface area (Å²) in [4.78, 5) is 1.50. The van der Waals surface area contributed by atoms with Crippen LogP contribution in [-0.2, 0) is 4.74 Å². The molecule has 1 saturated heterocycles. The summed E-state index contributed by atoms with van der Waals surface area (Å²) < 4.78 is 12.1. The lowest BCUT2D eigenvalue weighted by Gasteiger charge is -2.33. The van der Waals surface area contributed by atoms with Gasteiger partial charge in [0.1, 0.15) is 25.0 Å². The van der Waals surface area contributed by atoms with Gasteiger partial charge in [0.05, 0.1) is 30.8 Å². The maximum atomic E-state index is 10.1. The Morgan fingerprint density at radius 3 is 2.61 bits per heavy atom. The molecular formula is C18H29BrNO3+. The predicted octanol–water partition coefficient (Wildman–Crippen LogP) is 1.77. The van der Waals surface area contributed by atoms with Crippen LogP contribution >= 0.6 is 15.9 Å². The molecule has 1 aromatic carbocycles. The van der Waals surface area contributed by atoms with Gasteiger partial charge in [-0.05, 0) is 34.5 Å². The summed E-state index contributed by atoms with van der Waals surface area (Å²) in [5.74, 6) is 2.32. The molecule has 0 radical (unpaired) electrons. The molecule has 0 spiro atoms. The van der Waals surface area contributed by atoms with Gasteiger partial charge in [-0.15, -0.1) is 0 Å². The highest BCUT2D eigenvalue weighted by Crippen LogP contribution is 2.23. The number of halogens is 1. The normalized spacial score (nSPS) is 26.0. The summed E-state index contributed by atoms with van der Waals surface area (Å²) in [6.45, 7) is 9.06. The second-order valence-electron chi connectivity index (χ2n) is 6.82. The Hall–Kier alpha value is -0.620. The van der Waals surface area contributed by atoms with E-state index in [0.29, 0.717) is 19.8 Å². The Morgan fingerprint density at radius 2 is 1.91 bits per heavy atom. The van der Waals surface area contributed by atoms with E-state index in [2.05, 4.69) is 29.8 Å². The van der Waals surface area contributed by atoms with Crippen molar-refractivity contribution in [1.29, 1.82) is 0 Å². The monoisotopic (exact) mass is 386 g/mol. The van der Waals surface area contributed by atoms with Gasteiger partial charge in [0, 0.05) is 11.8 Å². The minimum absolute atomic E-state index is 0.381. The number of likely N-dealkylation sites (tertiary alicyclic amines) is 1. The van der Waals surface area contributed by atoms with Crippen LogP contribution in [0, 0.1) is 11.8 Å². The molecule has 23 heavy (non-hydrogen) atoms. The summed E-state index contributed by atoms with van der Waals surface area (Å²) in [6, 6.07) is 7.76. The quantitative estimate of drug-likeness (QED) is 0.669. The Balaban J connectivity index is 1.58. The van der Waals surface area contributed by atoms with Crippen molar-refractivity contribution in [3.05, 3.63) is 28.7 Å². The van der Waals surface area contributed by atoms with Crippen molar-refractivity contribution < 1.29 is 19.5 Å². The number of piperidine rings is 1. The van der Waals surface area contributed by atoms with E-state index in [4.69, 9.17) is 9.47 Å². The molecule has 0 bridgehead atoms. The summed E-state index contributed by atoms with van der Waals surface area (Å²) in [6.07, 6.45) is 0.911. The lowest BCUT2D eigenvalue weighted by atomic mass is 9.92. The predicted molar refractivity (Wildman–Crippen MR) is 95.0 cm³/mol. The van der Waals surface area contributed by atoms with Crippen LogP contribution in [0.15, 0.2) is 28.7 Å². The lowest BCUT2D eigenvalue weighted by Crippen LogP contribution is -3.15. The second-order valence-corrected chi connectivity index (χ2v) is 7.67. The summed E-state index contributed by atoms with van der Waals surface area (Å²) in [5, 5.41) is 10.1. The molecule has 0 saturated carbocycles. The fraction of sp³-hybridized carbons (Fsp3) is 0.667. The third-order valence-corrected chi connectivity index (χ3v) is 4.89. The van der Waals surface area contributed by atoms with Gasteiger partial charge in [0.25, 0.3) is 0 Å². The third-order valence-electron chi connectivity index (χ3n) is 4.24. The van der Waals surface area contributed by atoms with Crippen LogP contribution in [0.5, 0.6) is 5.75 Å². The fourth-order valence-corrected chi connectivity index (χ4v) is 3.87. The SMILES string of the molecule is C[C@@H]1C[C@H](C)C[NH+](C[C@H](O)COCCOc2ccccc2Br)C1. The number of hydrogen-bond acceptors (Lipinski definition) is 3. The molecule has 0 aliphatic carbocycles. The van der Waals surface area contributed by atoms with Gasteiger partial charge in [-0.3, -0.25) is 0 Å². The van der Waals surface area contributed by atoms with Crippen LogP contribution in [-0.4, -0.2) is 50.7 Å². The number of hydrogen-bond donors (Lipinski definition) is 2. The molecule has 4 atom stereocenters. The number of aliphatic hydroxyl groups excluding tert-OH is 1. The molecule has 4 nitrogen and oxygen atoms in total. The molecule has 130 valence electrons. The summed E-state index contributed by atoms with van der Waals surface area (Å²) >= 11 is 3.44. The zero-order valence-corrected chi connectivity index (χ0v) is 15.7. The van der Waals surface area contributed by atoms with Crippen molar-refractivity contribution in [1.82, 2.24) is 0 Å². The zero-order chi connectivity index (χ0) is 16.7. The molecule has 1 fully saturated rings. The van der Waals surface area contributed by atoms with E-state index in [1.165, 1.54) is 11.3 Å². The van der Waals surface area contributed by atoms with Crippen molar-refractivity contribution in [3.63, 3.8) is 0 Å². The van der Waals surface area contributed by atoms with E-state index < -0.39 is 6.10 Å². The van der Waals surface area contributed by atoms with Gasteiger partial charge >= 0.3 is 0 Å². The maximum absolute atomic E-state index is 10.1. The van der Waals surface area contributed by atoms with Crippen molar-refractivity contribution in [3.8, 4) is 5.75 Å². The molecule has 1 aliphatic rings. The topological polar surface area (TPSA) is 43.1 Å². The molecule has 1 unspecified atom stereocenters. The Bertz CT molecular complexity index is 461. The van der Waals surface area contributed by atoms with Gasteiger partial charge in [-0.2, -0.15) is 0 Å². The van der Waals surface area contributed by atoms with Crippen molar-refractivity contribution in [2.75, 3.05) is 39.5 Å². The smallest absolute Gasteiger partial charge is 0.133 e. The van der Waals surface area contributed by atoms with Crippen LogP contribution in [0.4, 0.5) is 0 Å². The van der Waals surface area contributed by atoms with Crippen LogP contribution in [0.1, 0.15) is 20.3 Å². The summed E-state index contributed by atoms with van der Waals surface area (Å²) in [7, 11) is 0. The van der Waals surface area contributed by atoms with Crippen molar-refractivity contribution in [2.45, 2.75) is 26.4 Å². The number of ether oxygens (including phenoxy) is 2. The highest BCUT2D eigenvalue weighted by molar-refractivity contribution is 9.10. The van der Waals surface area contributed by atoms with Crippen LogP contribution in [0.25, 0.3) is 0 Å². The van der Waals surface area contributed by atoms with Crippen LogP contribution in [0.2, 0.25) is 0 Å². The van der Waals surface area contributed by atoms with E-state index >= 15 is 0 Å². The lowest BCUT2D eigenvalue weighted by molar-refractivity contribution is -0.915. The second kappa shape index (κ2) is 9.62. The largest absolute Gasteiger partial charge is 0.490 e. The first-order valence-electron chi connectivity index (χ1n) is 8.51. The number of rotatable bonds is 8. The highest BCUT2D eigenvalue weighted by Gasteiger charge is 2.26. The minimum atomic E-state index is -0.397. The minimum Gasteiger partial charge on any atom is -0.490 e. The zero-order valence-electron chi connectivity index (χ0n) is 14.1. The molecule has 1 aromatic rings. The first kappa shape index (κ1) is 18.7. The molecule has 1 aliphatic heterocycles. The first-order chi connectivity index (χ1) is 11.0. The van der Waals surface area contributed by atoms with E-state index in [1.807, 2.05) is 24.3 Å². The van der Waals surface area contributed by atoms with E-state index in [9.17, 15) is 5.11 Å². The third kappa shape index (κ3) is 6.79. The number of aliphatic hydroxyl groups is 1. The highest BCUT2D eigenvalue weighted by atomic mass is 79.9. The molecule has 0 aromatic heterocycles. The molecule has 0 amide bonds. The molecule has 5 heteroatoms. The number of para-hydroxylation sites is 1. The van der Waals surface area contributed by atoms with E-state index in [-0.39, 0.29) is 0 Å². The molecular weight excluding hydrogens is 358 g/mol. The number of nitrogens with one attached hydrogen (secondary N) is 1. The average molecular weight is 387 g/mol.